The van der Waals surface area contributed by atoms with Crippen LogP contribution in [0.2, 0.25) is 0 Å². The standard InChI is InChI=1S/C20H14F3N3O2S/c21-20(22,23)15-7-12(8-16(27)9-15)6-14(10-24)18(28)26-19-25-17(11-29-19)13-4-2-1-3-5-13/h1-5,7-9,11,14,27H,6H2,(H,25,26,28). The molecule has 0 saturated heterocycles. The minimum atomic E-state index is -4.65. The Hall–Kier alpha value is -3.38. The first-order valence-electron chi connectivity index (χ1n) is 8.38. The van der Waals surface area contributed by atoms with Crippen molar-refractivity contribution in [3.8, 4) is 23.1 Å². The highest BCUT2D eigenvalue weighted by atomic mass is 32.1. The summed E-state index contributed by atoms with van der Waals surface area (Å²) in [6.45, 7) is 0. The van der Waals surface area contributed by atoms with Crippen LogP contribution in [0.3, 0.4) is 0 Å². The zero-order valence-electron chi connectivity index (χ0n) is 14.8. The average molecular weight is 417 g/mol. The summed E-state index contributed by atoms with van der Waals surface area (Å²) in [7, 11) is 0. The molecule has 3 rings (SSSR count). The normalized spacial score (nSPS) is 12.2. The van der Waals surface area contributed by atoms with Crippen LogP contribution in [0.5, 0.6) is 5.75 Å². The highest BCUT2D eigenvalue weighted by molar-refractivity contribution is 7.14. The third kappa shape index (κ3) is 5.12. The molecule has 29 heavy (non-hydrogen) atoms. The second-order valence-corrected chi connectivity index (χ2v) is 7.02. The number of anilines is 1. The van der Waals surface area contributed by atoms with Crippen LogP contribution in [0.15, 0.2) is 53.9 Å². The molecule has 2 aromatic carbocycles. The van der Waals surface area contributed by atoms with Gasteiger partial charge in [0.2, 0.25) is 5.91 Å². The van der Waals surface area contributed by atoms with E-state index in [1.54, 1.807) is 11.4 Å². The zero-order valence-corrected chi connectivity index (χ0v) is 15.6. The number of benzene rings is 2. The van der Waals surface area contributed by atoms with Crippen LogP contribution in [0.25, 0.3) is 11.3 Å². The van der Waals surface area contributed by atoms with E-state index in [4.69, 9.17) is 0 Å². The molecule has 0 saturated carbocycles. The lowest BCUT2D eigenvalue weighted by Gasteiger charge is -2.12. The van der Waals surface area contributed by atoms with E-state index in [2.05, 4.69) is 10.3 Å². The maximum absolute atomic E-state index is 12.9. The van der Waals surface area contributed by atoms with Crippen molar-refractivity contribution in [1.82, 2.24) is 4.98 Å². The van der Waals surface area contributed by atoms with Crippen molar-refractivity contribution < 1.29 is 23.1 Å². The summed E-state index contributed by atoms with van der Waals surface area (Å²) >= 11 is 1.17. The number of nitrogens with zero attached hydrogens (tertiary/aromatic N) is 2. The molecule has 1 atom stereocenters. The van der Waals surface area contributed by atoms with Crippen molar-refractivity contribution in [2.24, 2.45) is 5.92 Å². The number of aromatic nitrogens is 1. The van der Waals surface area contributed by atoms with Crippen LogP contribution < -0.4 is 5.32 Å². The Morgan fingerprint density at radius 3 is 2.62 bits per heavy atom. The first-order chi connectivity index (χ1) is 13.8. The highest BCUT2D eigenvalue weighted by Gasteiger charge is 2.32. The molecule has 2 N–H and O–H groups in total. The number of carbonyl (C=O) groups excluding carboxylic acids is 1. The summed E-state index contributed by atoms with van der Waals surface area (Å²) in [6, 6.07) is 13.6. The molecule has 0 aliphatic rings. The molecular formula is C20H14F3N3O2S. The van der Waals surface area contributed by atoms with Crippen LogP contribution in [0.1, 0.15) is 11.1 Å². The van der Waals surface area contributed by atoms with Gasteiger partial charge in [-0.3, -0.25) is 4.79 Å². The molecule has 5 nitrogen and oxygen atoms in total. The molecule has 148 valence electrons. The average Bonchev–Trinajstić information content (AvgIpc) is 3.14. The molecular weight excluding hydrogens is 403 g/mol. The van der Waals surface area contributed by atoms with Gasteiger partial charge in [0.05, 0.1) is 17.3 Å². The zero-order chi connectivity index (χ0) is 21.0. The van der Waals surface area contributed by atoms with Crippen molar-refractivity contribution in [2.45, 2.75) is 12.6 Å². The van der Waals surface area contributed by atoms with E-state index < -0.39 is 29.3 Å². The summed E-state index contributed by atoms with van der Waals surface area (Å²) < 4.78 is 38.7. The van der Waals surface area contributed by atoms with Crippen molar-refractivity contribution in [3.63, 3.8) is 0 Å². The Labute approximate surface area is 168 Å². The van der Waals surface area contributed by atoms with Crippen LogP contribution in [0, 0.1) is 17.2 Å². The maximum atomic E-state index is 12.9. The molecule has 1 heterocycles. The highest BCUT2D eigenvalue weighted by Crippen LogP contribution is 2.33. The summed E-state index contributed by atoms with van der Waals surface area (Å²) in [4.78, 5) is 16.7. The molecule has 1 amide bonds. The van der Waals surface area contributed by atoms with E-state index in [9.17, 15) is 28.3 Å². The maximum Gasteiger partial charge on any atom is 0.416 e. The smallest absolute Gasteiger partial charge is 0.416 e. The summed E-state index contributed by atoms with van der Waals surface area (Å²) in [5.41, 5.74) is 0.503. The predicted octanol–water partition coefficient (Wildman–Crippen LogP) is 4.86. The number of nitrogens with one attached hydrogen (secondary N) is 1. The Balaban J connectivity index is 1.73. The molecule has 0 aliphatic heterocycles. The Bertz CT molecular complexity index is 1060. The van der Waals surface area contributed by atoms with E-state index in [-0.39, 0.29) is 17.1 Å². The van der Waals surface area contributed by atoms with Gasteiger partial charge in [0.1, 0.15) is 11.7 Å². The van der Waals surface area contributed by atoms with Crippen LogP contribution in [-0.4, -0.2) is 16.0 Å². The number of phenolic OH excluding ortho intramolecular Hbond substituents is 1. The van der Waals surface area contributed by atoms with Gasteiger partial charge in [0.15, 0.2) is 5.13 Å². The monoisotopic (exact) mass is 417 g/mol. The molecule has 1 unspecified atom stereocenters. The number of hydrogen-bond acceptors (Lipinski definition) is 5. The van der Waals surface area contributed by atoms with Gasteiger partial charge in [0, 0.05) is 10.9 Å². The summed E-state index contributed by atoms with van der Waals surface area (Å²) in [5.74, 6) is -2.51. The lowest BCUT2D eigenvalue weighted by Crippen LogP contribution is -2.23. The number of hydrogen-bond donors (Lipinski definition) is 2. The summed E-state index contributed by atoms with van der Waals surface area (Å²) in [6.07, 6.45) is -4.93. The lowest BCUT2D eigenvalue weighted by atomic mass is 9.98. The van der Waals surface area contributed by atoms with Gasteiger partial charge in [0.25, 0.3) is 0 Å². The van der Waals surface area contributed by atoms with Crippen molar-refractivity contribution in [2.75, 3.05) is 5.32 Å². The number of carbonyl (C=O) groups is 1. The fraction of sp³-hybridized carbons (Fsp3) is 0.150. The molecule has 0 bridgehead atoms. The third-order valence-electron chi connectivity index (χ3n) is 4.02. The predicted molar refractivity (Wildman–Crippen MR) is 102 cm³/mol. The van der Waals surface area contributed by atoms with Gasteiger partial charge in [-0.25, -0.2) is 4.98 Å². The Kier molecular flexibility index (Phi) is 5.84. The number of phenols is 1. The second-order valence-electron chi connectivity index (χ2n) is 6.16. The Morgan fingerprint density at radius 2 is 1.97 bits per heavy atom. The van der Waals surface area contributed by atoms with E-state index >= 15 is 0 Å². The topological polar surface area (TPSA) is 86.0 Å². The number of amides is 1. The number of alkyl halides is 3. The molecule has 0 radical (unpaired) electrons. The Morgan fingerprint density at radius 1 is 1.24 bits per heavy atom. The van der Waals surface area contributed by atoms with Crippen molar-refractivity contribution in [1.29, 1.82) is 5.26 Å². The van der Waals surface area contributed by atoms with Gasteiger partial charge < -0.3 is 10.4 Å². The minimum Gasteiger partial charge on any atom is -0.508 e. The van der Waals surface area contributed by atoms with Crippen LogP contribution >= 0.6 is 11.3 Å². The number of thiazole rings is 1. The quantitative estimate of drug-likeness (QED) is 0.621. The molecule has 0 aliphatic carbocycles. The van der Waals surface area contributed by atoms with Crippen molar-refractivity contribution >= 4 is 22.4 Å². The number of rotatable bonds is 5. The van der Waals surface area contributed by atoms with E-state index in [0.717, 1.165) is 17.7 Å². The van der Waals surface area contributed by atoms with Gasteiger partial charge >= 0.3 is 6.18 Å². The van der Waals surface area contributed by atoms with E-state index in [0.29, 0.717) is 11.8 Å². The number of halogens is 3. The van der Waals surface area contributed by atoms with Crippen LogP contribution in [-0.2, 0) is 17.4 Å². The molecule has 0 spiro atoms. The van der Waals surface area contributed by atoms with Gasteiger partial charge in [-0.05, 0) is 30.2 Å². The molecule has 3 aromatic rings. The van der Waals surface area contributed by atoms with E-state index in [1.165, 1.54) is 11.3 Å². The van der Waals surface area contributed by atoms with Crippen molar-refractivity contribution in [3.05, 3.63) is 65.0 Å². The van der Waals surface area contributed by atoms with Gasteiger partial charge in [-0.15, -0.1) is 11.3 Å². The summed E-state index contributed by atoms with van der Waals surface area (Å²) in [5, 5.41) is 23.4. The molecule has 0 fully saturated rings. The lowest BCUT2D eigenvalue weighted by molar-refractivity contribution is -0.137. The second kappa shape index (κ2) is 8.32. The van der Waals surface area contributed by atoms with Gasteiger partial charge in [-0.1, -0.05) is 30.3 Å². The largest absolute Gasteiger partial charge is 0.508 e. The molecule has 1 aromatic heterocycles. The van der Waals surface area contributed by atoms with Gasteiger partial charge in [-0.2, -0.15) is 18.4 Å². The minimum absolute atomic E-state index is 0.0307. The third-order valence-corrected chi connectivity index (χ3v) is 4.78. The van der Waals surface area contributed by atoms with E-state index in [1.807, 2.05) is 30.3 Å². The number of aromatic hydroxyl groups is 1. The fourth-order valence-electron chi connectivity index (χ4n) is 2.65. The SMILES string of the molecule is N#CC(Cc1cc(O)cc(C(F)(F)F)c1)C(=O)Nc1nc(-c2ccccc2)cs1. The first kappa shape index (κ1) is 20.4. The van der Waals surface area contributed by atoms with Crippen LogP contribution in [0.4, 0.5) is 18.3 Å². The molecule has 9 heteroatoms. The number of nitriles is 1. The fourth-order valence-corrected chi connectivity index (χ4v) is 3.38. The first-order valence-corrected chi connectivity index (χ1v) is 9.26.